The molecule has 0 aliphatic carbocycles. The molecule has 0 heterocycles. The van der Waals surface area contributed by atoms with Crippen LogP contribution in [0.25, 0.3) is 0 Å². The van der Waals surface area contributed by atoms with Gasteiger partial charge in [-0.15, -0.1) is 0 Å². The summed E-state index contributed by atoms with van der Waals surface area (Å²) >= 11 is 5.96. The van der Waals surface area contributed by atoms with Crippen LogP contribution in [0.15, 0.2) is 12.1 Å². The number of hydrogen-bond acceptors (Lipinski definition) is 3. The summed E-state index contributed by atoms with van der Waals surface area (Å²) in [4.78, 5) is 11.2. The summed E-state index contributed by atoms with van der Waals surface area (Å²) in [5, 5.41) is 0.291. The standard InChI is InChI=1S/C10H11ClO3/c1-6(12)7-4-5-8(13-2)10(14-3)9(7)11/h4-5H,1-3H3. The molecule has 0 N–H and O–H groups in total. The van der Waals surface area contributed by atoms with Crippen LogP contribution >= 0.6 is 11.6 Å². The average Bonchev–Trinajstić information content (AvgIpc) is 2.16. The van der Waals surface area contributed by atoms with Gasteiger partial charge in [0.1, 0.15) is 0 Å². The predicted octanol–water partition coefficient (Wildman–Crippen LogP) is 2.56. The molecule has 1 rings (SSSR count). The van der Waals surface area contributed by atoms with E-state index in [1.54, 1.807) is 12.1 Å². The molecule has 0 unspecified atom stereocenters. The number of Topliss-reactive ketones (excluding diaryl/α,β-unsaturated/α-hetero) is 1. The van der Waals surface area contributed by atoms with Gasteiger partial charge in [-0.05, 0) is 19.1 Å². The molecule has 0 radical (unpaired) electrons. The van der Waals surface area contributed by atoms with Crippen LogP contribution < -0.4 is 9.47 Å². The van der Waals surface area contributed by atoms with Gasteiger partial charge in [0, 0.05) is 5.56 Å². The maximum absolute atomic E-state index is 11.2. The molecule has 76 valence electrons. The third kappa shape index (κ3) is 1.82. The van der Waals surface area contributed by atoms with Crippen LogP contribution in [-0.2, 0) is 0 Å². The SMILES string of the molecule is COc1ccc(C(C)=O)c(Cl)c1OC. The van der Waals surface area contributed by atoms with Crippen molar-refractivity contribution < 1.29 is 14.3 Å². The first-order chi connectivity index (χ1) is 6.61. The summed E-state index contributed by atoms with van der Waals surface area (Å²) in [7, 11) is 3.00. The predicted molar refractivity (Wildman–Crippen MR) is 54.6 cm³/mol. The van der Waals surface area contributed by atoms with E-state index in [1.807, 2.05) is 0 Å². The fraction of sp³-hybridized carbons (Fsp3) is 0.300. The van der Waals surface area contributed by atoms with Gasteiger partial charge in [-0.25, -0.2) is 0 Å². The van der Waals surface area contributed by atoms with Crippen molar-refractivity contribution in [3.05, 3.63) is 22.7 Å². The van der Waals surface area contributed by atoms with E-state index in [0.717, 1.165) is 0 Å². The summed E-state index contributed by atoms with van der Waals surface area (Å²) in [5.74, 6) is 0.806. The number of rotatable bonds is 3. The number of hydrogen-bond donors (Lipinski definition) is 0. The fourth-order valence-electron chi connectivity index (χ4n) is 1.16. The molecule has 0 amide bonds. The van der Waals surface area contributed by atoms with Gasteiger partial charge in [0.15, 0.2) is 17.3 Å². The first kappa shape index (κ1) is 10.9. The molecular weight excluding hydrogens is 204 g/mol. The molecule has 14 heavy (non-hydrogen) atoms. The van der Waals surface area contributed by atoms with Gasteiger partial charge in [-0.3, -0.25) is 4.79 Å². The highest BCUT2D eigenvalue weighted by atomic mass is 35.5. The second-order valence-corrected chi connectivity index (χ2v) is 3.10. The van der Waals surface area contributed by atoms with Crippen molar-refractivity contribution in [2.75, 3.05) is 14.2 Å². The smallest absolute Gasteiger partial charge is 0.180 e. The summed E-state index contributed by atoms with van der Waals surface area (Å²) in [6, 6.07) is 3.27. The molecule has 3 nitrogen and oxygen atoms in total. The van der Waals surface area contributed by atoms with Crippen molar-refractivity contribution in [2.45, 2.75) is 6.92 Å². The van der Waals surface area contributed by atoms with Crippen LogP contribution in [0.1, 0.15) is 17.3 Å². The van der Waals surface area contributed by atoms with Gasteiger partial charge in [0.2, 0.25) is 0 Å². The minimum Gasteiger partial charge on any atom is -0.493 e. The highest BCUT2D eigenvalue weighted by Gasteiger charge is 2.15. The van der Waals surface area contributed by atoms with Crippen molar-refractivity contribution in [3.8, 4) is 11.5 Å². The first-order valence-corrected chi connectivity index (χ1v) is 4.41. The molecule has 4 heteroatoms. The minimum absolute atomic E-state index is 0.101. The van der Waals surface area contributed by atoms with Crippen LogP contribution in [0.5, 0.6) is 11.5 Å². The van der Waals surface area contributed by atoms with Gasteiger partial charge < -0.3 is 9.47 Å². The molecule has 0 spiro atoms. The number of halogens is 1. The van der Waals surface area contributed by atoms with E-state index in [4.69, 9.17) is 21.1 Å². The van der Waals surface area contributed by atoms with Crippen molar-refractivity contribution in [1.82, 2.24) is 0 Å². The highest BCUT2D eigenvalue weighted by Crippen LogP contribution is 2.37. The first-order valence-electron chi connectivity index (χ1n) is 4.03. The normalized spacial score (nSPS) is 9.71. The van der Waals surface area contributed by atoms with Gasteiger partial charge in [-0.1, -0.05) is 11.6 Å². The van der Waals surface area contributed by atoms with Crippen molar-refractivity contribution in [3.63, 3.8) is 0 Å². The Kier molecular flexibility index (Phi) is 3.36. The molecule has 0 atom stereocenters. The highest BCUT2D eigenvalue weighted by molar-refractivity contribution is 6.35. The third-order valence-corrected chi connectivity index (χ3v) is 2.24. The fourth-order valence-corrected chi connectivity index (χ4v) is 1.53. The average molecular weight is 215 g/mol. The van der Waals surface area contributed by atoms with Crippen LogP contribution in [0.2, 0.25) is 5.02 Å². The van der Waals surface area contributed by atoms with Crippen molar-refractivity contribution in [2.24, 2.45) is 0 Å². The number of ether oxygens (including phenoxy) is 2. The maximum atomic E-state index is 11.2. The van der Waals surface area contributed by atoms with Crippen LogP contribution in [0.3, 0.4) is 0 Å². The largest absolute Gasteiger partial charge is 0.493 e. The van der Waals surface area contributed by atoms with E-state index in [9.17, 15) is 4.79 Å². The van der Waals surface area contributed by atoms with E-state index in [2.05, 4.69) is 0 Å². The lowest BCUT2D eigenvalue weighted by Crippen LogP contribution is -1.98. The molecule has 0 saturated carbocycles. The zero-order valence-corrected chi connectivity index (χ0v) is 9.01. The quantitative estimate of drug-likeness (QED) is 0.726. The molecule has 0 saturated heterocycles. The second-order valence-electron chi connectivity index (χ2n) is 2.72. The van der Waals surface area contributed by atoms with E-state index in [1.165, 1.54) is 21.1 Å². The Morgan fingerprint density at radius 3 is 2.36 bits per heavy atom. The maximum Gasteiger partial charge on any atom is 0.180 e. The number of carbonyl (C=O) groups is 1. The topological polar surface area (TPSA) is 35.5 Å². The molecule has 1 aromatic rings. The lowest BCUT2D eigenvalue weighted by Gasteiger charge is -2.10. The Hall–Kier alpha value is -1.22. The lowest BCUT2D eigenvalue weighted by atomic mass is 10.1. The zero-order valence-electron chi connectivity index (χ0n) is 8.26. The van der Waals surface area contributed by atoms with Crippen molar-refractivity contribution in [1.29, 1.82) is 0 Å². The minimum atomic E-state index is -0.101. The molecular formula is C10H11ClO3. The van der Waals surface area contributed by atoms with Gasteiger partial charge in [-0.2, -0.15) is 0 Å². The van der Waals surface area contributed by atoms with Gasteiger partial charge in [0.25, 0.3) is 0 Å². The Labute approximate surface area is 87.6 Å². The van der Waals surface area contributed by atoms with Crippen molar-refractivity contribution >= 4 is 17.4 Å². The molecule has 0 fully saturated rings. The Morgan fingerprint density at radius 2 is 1.93 bits per heavy atom. The van der Waals surface area contributed by atoms with Gasteiger partial charge >= 0.3 is 0 Å². The van der Waals surface area contributed by atoms with Crippen LogP contribution in [0, 0.1) is 0 Å². The Bertz CT molecular complexity index is 361. The molecule has 0 aliphatic heterocycles. The molecule has 0 aromatic heterocycles. The molecule has 0 aliphatic rings. The van der Waals surface area contributed by atoms with Gasteiger partial charge in [0.05, 0.1) is 19.2 Å². The number of methoxy groups -OCH3 is 2. The van der Waals surface area contributed by atoms with Crippen LogP contribution in [-0.4, -0.2) is 20.0 Å². The summed E-state index contributed by atoms with van der Waals surface area (Å²) in [6.45, 7) is 1.45. The number of carbonyl (C=O) groups excluding carboxylic acids is 1. The van der Waals surface area contributed by atoms with E-state index in [0.29, 0.717) is 22.1 Å². The Morgan fingerprint density at radius 1 is 1.29 bits per heavy atom. The van der Waals surface area contributed by atoms with E-state index < -0.39 is 0 Å². The summed E-state index contributed by atoms with van der Waals surface area (Å²) in [6.07, 6.45) is 0. The second kappa shape index (κ2) is 4.33. The third-order valence-electron chi connectivity index (χ3n) is 1.86. The monoisotopic (exact) mass is 214 g/mol. The van der Waals surface area contributed by atoms with Crippen LogP contribution in [0.4, 0.5) is 0 Å². The Balaban J connectivity index is 3.34. The summed E-state index contributed by atoms with van der Waals surface area (Å²) < 4.78 is 10.1. The van der Waals surface area contributed by atoms with E-state index in [-0.39, 0.29) is 5.78 Å². The number of ketones is 1. The number of benzene rings is 1. The lowest BCUT2D eigenvalue weighted by molar-refractivity contribution is 0.101. The molecule has 1 aromatic carbocycles. The summed E-state index contributed by atoms with van der Waals surface area (Å²) in [5.41, 5.74) is 0.435. The molecule has 0 bridgehead atoms. The zero-order chi connectivity index (χ0) is 10.7. The van der Waals surface area contributed by atoms with E-state index >= 15 is 0 Å².